The van der Waals surface area contributed by atoms with E-state index in [-0.39, 0.29) is 10.2 Å². The minimum Gasteiger partial charge on any atom is -0.478 e. The predicted molar refractivity (Wildman–Crippen MR) is 45.6 cm³/mol. The number of carboxylic acid groups (broad SMARTS) is 1. The summed E-state index contributed by atoms with van der Waals surface area (Å²) in [6.07, 6.45) is 0. The predicted octanol–water partition coefficient (Wildman–Crippen LogP) is 1.45. The number of hydrogen-bond donors (Lipinski definition) is 1. The van der Waals surface area contributed by atoms with Crippen LogP contribution < -0.4 is 0 Å². The molecule has 7 heteroatoms. The van der Waals surface area contributed by atoms with Crippen LogP contribution in [-0.4, -0.2) is 21.0 Å². The maximum absolute atomic E-state index is 10.5. The molecule has 68 valence electrons. The highest BCUT2D eigenvalue weighted by Gasteiger charge is 2.17. The molecule has 0 aliphatic rings. The quantitative estimate of drug-likeness (QED) is 0.484. The van der Waals surface area contributed by atoms with Gasteiger partial charge in [-0.05, 0) is 16.0 Å². The topological polar surface area (TPSA) is 93.3 Å². The maximum atomic E-state index is 10.5. The van der Waals surface area contributed by atoms with Crippen molar-refractivity contribution in [2.24, 2.45) is 0 Å². The van der Waals surface area contributed by atoms with E-state index >= 15 is 0 Å². The van der Waals surface area contributed by atoms with Crippen molar-refractivity contribution in [2.45, 2.75) is 0 Å². The van der Waals surface area contributed by atoms with Gasteiger partial charge in [0.25, 0.3) is 0 Å². The minimum atomic E-state index is -1.19. The fourth-order valence-electron chi connectivity index (χ4n) is 0.686. The molecular formula is C6H3BrN2O4. The minimum absolute atomic E-state index is 0.0470. The van der Waals surface area contributed by atoms with Gasteiger partial charge < -0.3 is 15.2 Å². The second kappa shape index (κ2) is 3.48. The first kappa shape index (κ1) is 9.59. The molecule has 0 aliphatic heterocycles. The van der Waals surface area contributed by atoms with Gasteiger partial charge in [0.15, 0.2) is 0 Å². The smallest absolute Gasteiger partial charge is 0.364 e. The van der Waals surface area contributed by atoms with E-state index in [9.17, 15) is 14.9 Å². The van der Waals surface area contributed by atoms with E-state index in [4.69, 9.17) is 5.11 Å². The molecule has 0 atom stereocenters. The fourth-order valence-corrected chi connectivity index (χ4v) is 1.17. The van der Waals surface area contributed by atoms with Crippen molar-refractivity contribution in [1.82, 2.24) is 4.98 Å². The van der Waals surface area contributed by atoms with Crippen molar-refractivity contribution < 1.29 is 14.8 Å². The number of aromatic carboxylic acids is 1. The van der Waals surface area contributed by atoms with E-state index in [2.05, 4.69) is 20.9 Å². The molecule has 0 saturated heterocycles. The van der Waals surface area contributed by atoms with Gasteiger partial charge in [-0.2, -0.15) is 0 Å². The highest BCUT2D eigenvalue weighted by Crippen LogP contribution is 2.18. The number of nitrogens with zero attached hydrogens (tertiary/aromatic N) is 2. The van der Waals surface area contributed by atoms with Crippen molar-refractivity contribution in [3.05, 3.63) is 32.4 Å². The second-order valence-corrected chi connectivity index (χ2v) is 2.82. The molecule has 1 N–H and O–H groups in total. The van der Waals surface area contributed by atoms with Crippen LogP contribution in [0.4, 0.5) is 5.82 Å². The van der Waals surface area contributed by atoms with Gasteiger partial charge in [-0.25, -0.2) is 4.79 Å². The standard InChI is InChI=1S/C6H3BrN2O4/c7-5-3(6(10)11)1-2-4(8-5)9(12)13/h1-2H,(H,10,11). The normalized spacial score (nSPS) is 9.62. The fraction of sp³-hybridized carbons (Fsp3) is 0. The molecule has 1 aromatic rings. The number of rotatable bonds is 2. The van der Waals surface area contributed by atoms with Gasteiger partial charge in [-0.1, -0.05) is 0 Å². The summed E-state index contributed by atoms with van der Waals surface area (Å²) in [5.41, 5.74) is -0.106. The lowest BCUT2D eigenvalue weighted by Crippen LogP contribution is -2.01. The zero-order valence-corrected chi connectivity index (χ0v) is 7.69. The SMILES string of the molecule is O=C(O)c1ccc([N+](=O)[O-])nc1Br. The van der Waals surface area contributed by atoms with Gasteiger partial charge in [0, 0.05) is 22.0 Å². The number of pyridine rings is 1. The number of carboxylic acids is 1. The first-order valence-corrected chi connectivity index (χ1v) is 3.86. The Bertz CT molecular complexity index is 379. The Hall–Kier alpha value is -1.50. The summed E-state index contributed by atoms with van der Waals surface area (Å²) in [4.78, 5) is 23.4. The number of nitro groups is 1. The van der Waals surface area contributed by atoms with Crippen molar-refractivity contribution >= 4 is 27.7 Å². The van der Waals surface area contributed by atoms with Crippen LogP contribution in [0.15, 0.2) is 16.7 Å². The van der Waals surface area contributed by atoms with Crippen LogP contribution in [0.1, 0.15) is 10.4 Å². The molecule has 0 aromatic carbocycles. The van der Waals surface area contributed by atoms with Crippen LogP contribution in [-0.2, 0) is 0 Å². The van der Waals surface area contributed by atoms with Crippen LogP contribution in [0, 0.1) is 10.1 Å². The molecule has 0 bridgehead atoms. The molecule has 0 spiro atoms. The van der Waals surface area contributed by atoms with Crippen LogP contribution >= 0.6 is 15.9 Å². The van der Waals surface area contributed by atoms with Crippen molar-refractivity contribution in [2.75, 3.05) is 0 Å². The van der Waals surface area contributed by atoms with Crippen molar-refractivity contribution in [3.8, 4) is 0 Å². The average molecular weight is 247 g/mol. The second-order valence-electron chi connectivity index (χ2n) is 2.07. The Labute approximate surface area is 80.5 Å². The summed E-state index contributed by atoms with van der Waals surface area (Å²) in [6, 6.07) is 2.16. The van der Waals surface area contributed by atoms with Crippen molar-refractivity contribution in [3.63, 3.8) is 0 Å². The molecule has 0 unspecified atom stereocenters. The monoisotopic (exact) mass is 246 g/mol. The Morgan fingerprint density at radius 2 is 2.23 bits per heavy atom. The number of carbonyl (C=O) groups is 1. The Morgan fingerprint density at radius 3 is 2.62 bits per heavy atom. The van der Waals surface area contributed by atoms with E-state index in [1.807, 2.05) is 0 Å². The zero-order valence-electron chi connectivity index (χ0n) is 6.10. The third-order valence-corrected chi connectivity index (χ3v) is 1.86. The summed E-state index contributed by atoms with van der Waals surface area (Å²) in [5, 5.41) is 18.8. The highest BCUT2D eigenvalue weighted by molar-refractivity contribution is 9.10. The number of hydrogen-bond acceptors (Lipinski definition) is 4. The Balaban J connectivity index is 3.20. The molecule has 0 saturated carbocycles. The van der Waals surface area contributed by atoms with Crippen LogP contribution in [0.5, 0.6) is 0 Å². The molecule has 1 aromatic heterocycles. The molecule has 0 radical (unpaired) electrons. The molecular weight excluding hydrogens is 244 g/mol. The van der Waals surface area contributed by atoms with E-state index in [0.29, 0.717) is 0 Å². The van der Waals surface area contributed by atoms with Crippen molar-refractivity contribution in [1.29, 1.82) is 0 Å². The summed E-state index contributed by atoms with van der Waals surface area (Å²) in [7, 11) is 0. The molecule has 1 rings (SSSR count). The lowest BCUT2D eigenvalue weighted by atomic mass is 10.3. The van der Waals surface area contributed by atoms with Crippen LogP contribution in [0.3, 0.4) is 0 Å². The van der Waals surface area contributed by atoms with E-state index < -0.39 is 16.7 Å². The number of aromatic nitrogens is 1. The van der Waals surface area contributed by atoms with Crippen LogP contribution in [0.2, 0.25) is 0 Å². The van der Waals surface area contributed by atoms with E-state index in [0.717, 1.165) is 12.1 Å². The highest BCUT2D eigenvalue weighted by atomic mass is 79.9. The lowest BCUT2D eigenvalue weighted by molar-refractivity contribution is -0.389. The van der Waals surface area contributed by atoms with Gasteiger partial charge in [-0.3, -0.25) is 0 Å². The average Bonchev–Trinajstić information content (AvgIpc) is 2.03. The van der Waals surface area contributed by atoms with Crippen LogP contribution in [0.25, 0.3) is 0 Å². The molecule has 13 heavy (non-hydrogen) atoms. The molecule has 1 heterocycles. The van der Waals surface area contributed by atoms with Gasteiger partial charge in [0.1, 0.15) is 5.56 Å². The summed E-state index contributed by atoms with van der Waals surface area (Å²) >= 11 is 2.82. The van der Waals surface area contributed by atoms with Gasteiger partial charge in [0.2, 0.25) is 4.60 Å². The summed E-state index contributed by atoms with van der Waals surface area (Å²) < 4.78 is -0.0470. The summed E-state index contributed by atoms with van der Waals surface area (Å²) in [5.74, 6) is -1.58. The first-order valence-electron chi connectivity index (χ1n) is 3.06. The molecule has 6 nitrogen and oxygen atoms in total. The largest absolute Gasteiger partial charge is 0.478 e. The lowest BCUT2D eigenvalue weighted by Gasteiger charge is -1.94. The molecule has 0 amide bonds. The first-order chi connectivity index (χ1) is 6.02. The molecule has 0 fully saturated rings. The van der Waals surface area contributed by atoms with E-state index in [1.54, 1.807) is 0 Å². The van der Waals surface area contributed by atoms with Gasteiger partial charge >= 0.3 is 11.8 Å². The Kier molecular flexibility index (Phi) is 2.57. The summed E-state index contributed by atoms with van der Waals surface area (Å²) in [6.45, 7) is 0. The third-order valence-electron chi connectivity index (χ3n) is 1.25. The van der Waals surface area contributed by atoms with Gasteiger partial charge in [-0.15, -0.1) is 0 Å². The molecule has 0 aliphatic carbocycles. The van der Waals surface area contributed by atoms with Gasteiger partial charge in [0.05, 0.1) is 0 Å². The maximum Gasteiger partial charge on any atom is 0.364 e. The number of halogens is 1. The third kappa shape index (κ3) is 2.00. The van der Waals surface area contributed by atoms with E-state index in [1.165, 1.54) is 0 Å². The zero-order chi connectivity index (χ0) is 10.0. The Morgan fingerprint density at radius 1 is 1.62 bits per heavy atom.